The first kappa shape index (κ1) is 22.3. The van der Waals surface area contributed by atoms with E-state index in [4.69, 9.17) is 4.74 Å². The summed E-state index contributed by atoms with van der Waals surface area (Å²) < 4.78 is 5.81. The summed E-state index contributed by atoms with van der Waals surface area (Å²) in [7, 11) is 1.77. The monoisotopic (exact) mass is 426 g/mol. The number of rotatable bonds is 10. The molecule has 32 heavy (non-hydrogen) atoms. The lowest BCUT2D eigenvalue weighted by Gasteiger charge is -2.19. The van der Waals surface area contributed by atoms with Gasteiger partial charge in [0.1, 0.15) is 5.75 Å². The Morgan fingerprint density at radius 3 is 2.09 bits per heavy atom. The van der Waals surface area contributed by atoms with Crippen molar-refractivity contribution in [1.29, 1.82) is 0 Å². The normalized spacial score (nSPS) is 12.3. The third-order valence-electron chi connectivity index (χ3n) is 6.40. The van der Waals surface area contributed by atoms with Gasteiger partial charge in [0.05, 0.1) is 7.11 Å². The van der Waals surface area contributed by atoms with Crippen molar-refractivity contribution >= 4 is 21.5 Å². The summed E-state index contributed by atoms with van der Waals surface area (Å²) in [4.78, 5) is 0. The van der Waals surface area contributed by atoms with Crippen LogP contribution < -0.4 is 15.4 Å². The Balaban J connectivity index is 1.73. The van der Waals surface area contributed by atoms with Gasteiger partial charge in [-0.3, -0.25) is 0 Å². The molecule has 4 rings (SSSR count). The van der Waals surface area contributed by atoms with Gasteiger partial charge in [0.15, 0.2) is 0 Å². The van der Waals surface area contributed by atoms with Crippen molar-refractivity contribution in [3.05, 3.63) is 89.5 Å². The zero-order valence-corrected chi connectivity index (χ0v) is 19.4. The molecule has 0 aliphatic carbocycles. The molecule has 0 fully saturated rings. The molecule has 2 N–H and O–H groups in total. The van der Waals surface area contributed by atoms with Gasteiger partial charge in [0.2, 0.25) is 0 Å². The minimum atomic E-state index is 0.502. The quantitative estimate of drug-likeness (QED) is 0.323. The van der Waals surface area contributed by atoms with Crippen molar-refractivity contribution in [3.63, 3.8) is 0 Å². The van der Waals surface area contributed by atoms with E-state index in [0.29, 0.717) is 6.04 Å². The molecular formula is C29H34N2O. The van der Waals surface area contributed by atoms with Gasteiger partial charge >= 0.3 is 0 Å². The van der Waals surface area contributed by atoms with Crippen LogP contribution in [-0.2, 0) is 13.0 Å². The van der Waals surface area contributed by atoms with Gasteiger partial charge in [-0.15, -0.1) is 0 Å². The number of ether oxygens (including phenoxy) is 1. The van der Waals surface area contributed by atoms with Crippen LogP contribution in [0.15, 0.2) is 72.8 Å². The SMILES string of the molecule is CCNC(CC)CNCc1ccc2ccccc2c1Cc1c(OC)ccc2ccccc12. The Kier molecular flexibility index (Phi) is 7.41. The maximum atomic E-state index is 5.81. The van der Waals surface area contributed by atoms with E-state index < -0.39 is 0 Å². The summed E-state index contributed by atoms with van der Waals surface area (Å²) in [6.07, 6.45) is 1.96. The van der Waals surface area contributed by atoms with E-state index >= 15 is 0 Å². The number of fused-ring (bicyclic) bond motifs is 2. The topological polar surface area (TPSA) is 33.3 Å². The van der Waals surface area contributed by atoms with E-state index in [0.717, 1.165) is 38.2 Å². The molecule has 0 saturated carbocycles. The van der Waals surface area contributed by atoms with Gasteiger partial charge in [-0.05, 0) is 51.7 Å². The highest BCUT2D eigenvalue weighted by molar-refractivity contribution is 5.91. The molecule has 0 heterocycles. The molecule has 0 spiro atoms. The molecule has 0 amide bonds. The van der Waals surface area contributed by atoms with Gasteiger partial charge in [-0.2, -0.15) is 0 Å². The molecule has 1 unspecified atom stereocenters. The van der Waals surface area contributed by atoms with Gasteiger partial charge in [-0.25, -0.2) is 0 Å². The predicted molar refractivity (Wildman–Crippen MR) is 137 cm³/mol. The van der Waals surface area contributed by atoms with Crippen molar-refractivity contribution in [1.82, 2.24) is 10.6 Å². The van der Waals surface area contributed by atoms with Crippen molar-refractivity contribution < 1.29 is 4.74 Å². The average molecular weight is 427 g/mol. The minimum absolute atomic E-state index is 0.502. The van der Waals surface area contributed by atoms with Crippen LogP contribution in [0.5, 0.6) is 5.75 Å². The molecule has 4 aromatic carbocycles. The highest BCUT2D eigenvalue weighted by atomic mass is 16.5. The Hall–Kier alpha value is -2.88. The van der Waals surface area contributed by atoms with Crippen LogP contribution in [0.4, 0.5) is 0 Å². The second-order valence-electron chi connectivity index (χ2n) is 8.36. The summed E-state index contributed by atoms with van der Waals surface area (Å²) in [5.74, 6) is 0.953. The van der Waals surface area contributed by atoms with Crippen molar-refractivity contribution in [2.24, 2.45) is 0 Å². The molecule has 3 heteroatoms. The summed E-state index contributed by atoms with van der Waals surface area (Å²) in [6.45, 7) is 7.23. The molecule has 0 radical (unpaired) electrons. The van der Waals surface area contributed by atoms with Gasteiger partial charge in [-0.1, -0.05) is 80.6 Å². The fourth-order valence-corrected chi connectivity index (χ4v) is 4.65. The fraction of sp³-hybridized carbons (Fsp3) is 0.310. The largest absolute Gasteiger partial charge is 0.496 e. The number of methoxy groups -OCH3 is 1. The molecule has 3 nitrogen and oxygen atoms in total. The fourth-order valence-electron chi connectivity index (χ4n) is 4.65. The molecule has 0 bridgehead atoms. The smallest absolute Gasteiger partial charge is 0.123 e. The van der Waals surface area contributed by atoms with Gasteiger partial charge in [0.25, 0.3) is 0 Å². The van der Waals surface area contributed by atoms with E-state index in [2.05, 4.69) is 97.3 Å². The predicted octanol–water partition coefficient (Wildman–Crippen LogP) is 6.07. The summed E-state index contributed by atoms with van der Waals surface area (Å²) in [5.41, 5.74) is 3.98. The van der Waals surface area contributed by atoms with Gasteiger partial charge in [0, 0.05) is 31.1 Å². The Bertz CT molecular complexity index is 1180. The lowest BCUT2D eigenvalue weighted by atomic mass is 9.91. The molecule has 0 aliphatic heterocycles. The lowest BCUT2D eigenvalue weighted by molar-refractivity contribution is 0.411. The molecule has 4 aromatic rings. The van der Waals surface area contributed by atoms with Crippen LogP contribution in [0.1, 0.15) is 37.0 Å². The third-order valence-corrected chi connectivity index (χ3v) is 6.40. The molecule has 0 saturated heterocycles. The highest BCUT2D eigenvalue weighted by Crippen LogP contribution is 2.33. The van der Waals surface area contributed by atoms with E-state index in [1.165, 1.54) is 38.2 Å². The van der Waals surface area contributed by atoms with E-state index in [1.54, 1.807) is 7.11 Å². The number of hydrogen-bond acceptors (Lipinski definition) is 3. The maximum Gasteiger partial charge on any atom is 0.123 e. The van der Waals surface area contributed by atoms with Crippen molar-refractivity contribution in [3.8, 4) is 5.75 Å². The zero-order chi connectivity index (χ0) is 22.3. The lowest BCUT2D eigenvalue weighted by Crippen LogP contribution is -2.37. The summed E-state index contributed by atoms with van der Waals surface area (Å²) >= 11 is 0. The standard InChI is InChI=1S/C29H34N2O/c1-4-24(31-5-2)20-30-19-23-15-14-21-10-6-8-12-25(21)27(23)18-28-26-13-9-7-11-22(26)16-17-29(28)32-3/h6-17,24,30-31H,4-5,18-20H2,1-3H3. The maximum absolute atomic E-state index is 5.81. The molecular weight excluding hydrogens is 392 g/mol. The Morgan fingerprint density at radius 2 is 1.44 bits per heavy atom. The van der Waals surface area contributed by atoms with Crippen LogP contribution in [0.2, 0.25) is 0 Å². The van der Waals surface area contributed by atoms with Crippen LogP contribution in [-0.4, -0.2) is 26.2 Å². The molecule has 166 valence electrons. The first-order chi connectivity index (χ1) is 15.7. The van der Waals surface area contributed by atoms with Crippen LogP contribution >= 0.6 is 0 Å². The number of benzene rings is 4. The summed E-state index contributed by atoms with van der Waals surface area (Å²) in [6, 6.07) is 26.6. The summed E-state index contributed by atoms with van der Waals surface area (Å²) in [5, 5.41) is 12.4. The van der Waals surface area contributed by atoms with E-state index in [9.17, 15) is 0 Å². The Labute approximate surface area is 191 Å². The molecule has 0 aliphatic rings. The van der Waals surface area contributed by atoms with Crippen LogP contribution in [0, 0.1) is 0 Å². The second-order valence-corrected chi connectivity index (χ2v) is 8.36. The Morgan fingerprint density at radius 1 is 0.781 bits per heavy atom. The van der Waals surface area contributed by atoms with Crippen LogP contribution in [0.25, 0.3) is 21.5 Å². The zero-order valence-electron chi connectivity index (χ0n) is 19.4. The van der Waals surface area contributed by atoms with Crippen molar-refractivity contribution in [2.45, 2.75) is 39.3 Å². The van der Waals surface area contributed by atoms with Gasteiger partial charge < -0.3 is 15.4 Å². The average Bonchev–Trinajstić information content (AvgIpc) is 2.84. The number of hydrogen-bond donors (Lipinski definition) is 2. The number of likely N-dealkylation sites (N-methyl/N-ethyl adjacent to an activating group) is 1. The first-order valence-electron chi connectivity index (χ1n) is 11.7. The number of nitrogens with one attached hydrogen (secondary N) is 2. The van der Waals surface area contributed by atoms with E-state index in [-0.39, 0.29) is 0 Å². The third kappa shape index (κ3) is 4.79. The van der Waals surface area contributed by atoms with Crippen molar-refractivity contribution in [2.75, 3.05) is 20.2 Å². The molecule has 0 aromatic heterocycles. The molecule has 1 atom stereocenters. The van der Waals surface area contributed by atoms with Crippen LogP contribution in [0.3, 0.4) is 0 Å². The van der Waals surface area contributed by atoms with E-state index in [1.807, 2.05) is 0 Å². The second kappa shape index (κ2) is 10.6. The minimum Gasteiger partial charge on any atom is -0.496 e. The first-order valence-corrected chi connectivity index (χ1v) is 11.7. The highest BCUT2D eigenvalue weighted by Gasteiger charge is 2.15.